The standard InChI is InChI=1S/C16H13.C9H13.2C7H8O3S.2CH3.Si.Zr/c1-12-10-14-8-5-9-15(16(14)11-12)13-6-3-2-4-7-13;1-6-5-7(2)9(4)8(6)3;2*1-6-2-4-7(5-3-6)11(8,9)10;;;;/h2-11H,1H3;6H,1-4H3;2*2-5H,1H3,(H,8,9,10);2*1H3;;/q2*-1;;;2*-1;;. The van der Waals surface area contributed by atoms with Crippen LogP contribution < -0.4 is 0 Å². The third-order valence-electron chi connectivity index (χ3n) is 7.85. The van der Waals surface area contributed by atoms with E-state index in [1.165, 1.54) is 91.8 Å². The molecule has 6 nitrogen and oxygen atoms in total. The summed E-state index contributed by atoms with van der Waals surface area (Å²) >= 11 is 1.36. The van der Waals surface area contributed by atoms with Crippen LogP contribution in [-0.2, 0) is 43.6 Å². The van der Waals surface area contributed by atoms with Gasteiger partial charge in [0.1, 0.15) is 0 Å². The van der Waals surface area contributed by atoms with E-state index in [0.29, 0.717) is 5.92 Å². The molecule has 2 radical (unpaired) electrons. The Morgan fingerprint density at radius 2 is 1.12 bits per heavy atom. The summed E-state index contributed by atoms with van der Waals surface area (Å²) in [4.78, 5) is -0.133. The maximum absolute atomic E-state index is 10.5. The zero-order valence-electron chi connectivity index (χ0n) is 30.8. The van der Waals surface area contributed by atoms with Crippen molar-refractivity contribution >= 4 is 37.9 Å². The predicted octanol–water partition coefficient (Wildman–Crippen LogP) is 10.3. The maximum atomic E-state index is 10.5. The molecular weight excluding hydrogens is 772 g/mol. The van der Waals surface area contributed by atoms with Crippen molar-refractivity contribution < 1.29 is 49.3 Å². The Morgan fingerprint density at radius 3 is 1.47 bits per heavy atom. The Labute approximate surface area is 323 Å². The fourth-order valence-corrected chi connectivity index (χ4v) is 5.80. The Bertz CT molecular complexity index is 2030. The second kappa shape index (κ2) is 22.1. The molecule has 1 unspecified atom stereocenters. The third kappa shape index (κ3) is 15.2. The van der Waals surface area contributed by atoms with Crippen LogP contribution in [0.3, 0.4) is 0 Å². The molecular formula is C41H48O6S2SiZr-4. The number of allylic oxidation sites excluding steroid dienone is 4. The van der Waals surface area contributed by atoms with Crippen LogP contribution in [0.1, 0.15) is 44.4 Å². The molecule has 0 amide bonds. The molecule has 0 bridgehead atoms. The van der Waals surface area contributed by atoms with Gasteiger partial charge in [-0.25, -0.2) is 5.57 Å². The van der Waals surface area contributed by atoms with Gasteiger partial charge >= 0.3 is 30.2 Å². The van der Waals surface area contributed by atoms with Crippen LogP contribution in [0.4, 0.5) is 0 Å². The first kappa shape index (κ1) is 47.9. The van der Waals surface area contributed by atoms with E-state index in [2.05, 4.69) is 108 Å². The molecule has 1 aliphatic carbocycles. The zero-order valence-corrected chi connectivity index (χ0v) is 35.9. The van der Waals surface area contributed by atoms with Crippen LogP contribution in [0, 0.1) is 47.6 Å². The number of benzene rings is 4. The first-order valence-corrected chi connectivity index (χ1v) is 22.4. The van der Waals surface area contributed by atoms with E-state index in [0.717, 1.165) is 11.1 Å². The minimum absolute atomic E-state index is 0. The summed E-state index contributed by atoms with van der Waals surface area (Å²) < 4.78 is 59.1. The fourth-order valence-electron chi connectivity index (χ4n) is 4.84. The quantitative estimate of drug-likeness (QED) is 0.107. The molecule has 0 aromatic heterocycles. The Hall–Kier alpha value is -3.11. The average Bonchev–Trinajstić information content (AvgIpc) is 3.55. The van der Waals surface area contributed by atoms with E-state index < -0.39 is 20.2 Å². The van der Waals surface area contributed by atoms with Gasteiger partial charge in [0.2, 0.25) is 0 Å². The SMILES string of the molecule is CC1=[C-]C(C)C(C)=C1C.Cc1cc2c(-c3ccccc3)cccc2[cH-]1.Cc1ccc(S(=O)(=O)O)cc1.Cc1ccc(S(=O)(=O)O)cc1.[CH3-].[CH3-].[Si]=[Zr]. The van der Waals surface area contributed by atoms with E-state index in [-0.39, 0.29) is 24.6 Å². The topological polar surface area (TPSA) is 109 Å². The van der Waals surface area contributed by atoms with Crippen LogP contribution in [0.25, 0.3) is 21.9 Å². The van der Waals surface area contributed by atoms with Gasteiger partial charge in [0.15, 0.2) is 0 Å². The average molecular weight is 820 g/mol. The van der Waals surface area contributed by atoms with Gasteiger partial charge in [-0.2, -0.15) is 34.0 Å². The number of hydrogen-bond donors (Lipinski definition) is 2. The molecule has 5 aromatic carbocycles. The van der Waals surface area contributed by atoms with E-state index in [4.69, 9.17) is 9.11 Å². The van der Waals surface area contributed by atoms with Crippen molar-refractivity contribution in [2.45, 2.75) is 58.3 Å². The van der Waals surface area contributed by atoms with Crippen molar-refractivity contribution in [1.82, 2.24) is 0 Å². The van der Waals surface area contributed by atoms with Crippen molar-refractivity contribution in [2.75, 3.05) is 0 Å². The molecule has 6 rings (SSSR count). The molecule has 0 fully saturated rings. The summed E-state index contributed by atoms with van der Waals surface area (Å²) in [6.07, 6.45) is 3.36. The van der Waals surface area contributed by atoms with Gasteiger partial charge in [-0.1, -0.05) is 111 Å². The number of aryl methyl sites for hydroxylation is 3. The molecule has 10 heteroatoms. The van der Waals surface area contributed by atoms with Crippen LogP contribution in [0.15, 0.2) is 136 Å². The molecule has 51 heavy (non-hydrogen) atoms. The van der Waals surface area contributed by atoms with Crippen LogP contribution in [0.5, 0.6) is 0 Å². The van der Waals surface area contributed by atoms with Crippen LogP contribution >= 0.6 is 0 Å². The van der Waals surface area contributed by atoms with E-state index >= 15 is 0 Å². The molecule has 1 atom stereocenters. The van der Waals surface area contributed by atoms with Crippen molar-refractivity contribution in [3.8, 4) is 11.1 Å². The van der Waals surface area contributed by atoms with Gasteiger partial charge in [0.05, 0.1) is 9.79 Å². The van der Waals surface area contributed by atoms with Crippen molar-refractivity contribution in [3.63, 3.8) is 0 Å². The molecule has 272 valence electrons. The van der Waals surface area contributed by atoms with Gasteiger partial charge in [-0.3, -0.25) is 15.2 Å². The van der Waals surface area contributed by atoms with Gasteiger partial charge in [-0.15, -0.1) is 41.5 Å². The zero-order chi connectivity index (χ0) is 36.9. The summed E-state index contributed by atoms with van der Waals surface area (Å²) in [5.74, 6) is 0.560. The monoisotopic (exact) mass is 818 g/mol. The third-order valence-corrected chi connectivity index (χ3v) is 9.59. The molecule has 2 N–H and O–H groups in total. The van der Waals surface area contributed by atoms with Crippen LogP contribution in [0.2, 0.25) is 0 Å². The van der Waals surface area contributed by atoms with E-state index in [1.54, 1.807) is 24.3 Å². The molecule has 1 aliphatic rings. The van der Waals surface area contributed by atoms with Crippen molar-refractivity contribution in [1.29, 1.82) is 0 Å². The first-order chi connectivity index (χ1) is 23.0. The summed E-state index contributed by atoms with van der Waals surface area (Å²) in [6, 6.07) is 33.5. The summed E-state index contributed by atoms with van der Waals surface area (Å²) in [5.41, 5.74) is 10.1. The summed E-state index contributed by atoms with van der Waals surface area (Å²) in [5, 5.41) is 2.69. The van der Waals surface area contributed by atoms with E-state index in [9.17, 15) is 16.8 Å². The molecule has 0 aliphatic heterocycles. The normalized spacial score (nSPS) is 13.2. The van der Waals surface area contributed by atoms with Gasteiger partial charge in [0.25, 0.3) is 20.2 Å². The summed E-state index contributed by atoms with van der Waals surface area (Å²) in [6.45, 7) is 17.6. The minimum atomic E-state index is -4.02. The van der Waals surface area contributed by atoms with Gasteiger partial charge in [-0.05, 0) is 43.7 Å². The molecule has 0 saturated carbocycles. The van der Waals surface area contributed by atoms with Gasteiger partial charge in [0, 0.05) is 0 Å². The van der Waals surface area contributed by atoms with Crippen molar-refractivity contribution in [3.05, 3.63) is 164 Å². The van der Waals surface area contributed by atoms with Crippen molar-refractivity contribution in [2.24, 2.45) is 5.92 Å². The molecule has 0 saturated heterocycles. The number of hydrogen-bond acceptors (Lipinski definition) is 4. The second-order valence-corrected chi connectivity index (χ2v) is 14.4. The first-order valence-electron chi connectivity index (χ1n) is 15.3. The van der Waals surface area contributed by atoms with E-state index in [1.807, 2.05) is 13.8 Å². The summed E-state index contributed by atoms with van der Waals surface area (Å²) in [7, 11) is -8.04. The fraction of sp³-hybridized carbons (Fsp3) is 0.195. The Balaban J connectivity index is 0.000000649. The Kier molecular flexibility index (Phi) is 20.7. The number of rotatable bonds is 3. The predicted molar refractivity (Wildman–Crippen MR) is 210 cm³/mol. The second-order valence-electron chi connectivity index (χ2n) is 11.6. The molecule has 0 heterocycles. The molecule has 5 aromatic rings. The Morgan fingerprint density at radius 1 is 0.667 bits per heavy atom. The van der Waals surface area contributed by atoms with Gasteiger partial charge < -0.3 is 14.9 Å². The van der Waals surface area contributed by atoms with Crippen LogP contribution in [-0.4, -0.2) is 32.8 Å². The number of fused-ring (bicyclic) bond motifs is 1. The molecule has 0 spiro atoms.